The Morgan fingerprint density at radius 3 is 2.90 bits per heavy atom. The molecule has 0 saturated carbocycles. The third kappa shape index (κ3) is 2.45. The lowest BCUT2D eigenvalue weighted by Gasteiger charge is -2.31. The fourth-order valence-corrected chi connectivity index (χ4v) is 3.04. The highest BCUT2D eigenvalue weighted by molar-refractivity contribution is 9.10. The number of piperidine rings is 1. The first-order chi connectivity index (χ1) is 9.66. The van der Waals surface area contributed by atoms with Crippen LogP contribution >= 0.6 is 15.9 Å². The number of fused-ring (bicyclic) bond motifs is 1. The van der Waals surface area contributed by atoms with Crippen LogP contribution < -0.4 is 5.32 Å². The van der Waals surface area contributed by atoms with Crippen molar-refractivity contribution in [2.75, 3.05) is 20.1 Å². The van der Waals surface area contributed by atoms with Crippen molar-refractivity contribution in [1.82, 2.24) is 20.4 Å². The zero-order chi connectivity index (χ0) is 14.1. The Bertz CT molecular complexity index is 633. The van der Waals surface area contributed by atoms with Gasteiger partial charge in [-0.2, -0.15) is 5.10 Å². The van der Waals surface area contributed by atoms with Gasteiger partial charge in [-0.1, -0.05) is 15.9 Å². The van der Waals surface area contributed by atoms with E-state index in [1.807, 2.05) is 30.1 Å². The molecule has 0 radical (unpaired) electrons. The highest BCUT2D eigenvalue weighted by atomic mass is 79.9. The average Bonchev–Trinajstić information content (AvgIpc) is 2.89. The molecule has 0 atom stereocenters. The molecule has 1 fully saturated rings. The van der Waals surface area contributed by atoms with Crippen LogP contribution in [0, 0.1) is 0 Å². The molecule has 1 aliphatic rings. The number of aromatic amines is 1. The molecule has 5 nitrogen and oxygen atoms in total. The van der Waals surface area contributed by atoms with Crippen LogP contribution in [0.2, 0.25) is 0 Å². The predicted molar refractivity (Wildman–Crippen MR) is 81.8 cm³/mol. The molecule has 20 heavy (non-hydrogen) atoms. The Hall–Kier alpha value is -1.40. The van der Waals surface area contributed by atoms with Crippen LogP contribution in [0.1, 0.15) is 23.3 Å². The van der Waals surface area contributed by atoms with Gasteiger partial charge in [0.2, 0.25) is 0 Å². The van der Waals surface area contributed by atoms with Gasteiger partial charge in [0, 0.05) is 22.9 Å². The second-order valence-corrected chi connectivity index (χ2v) is 6.08. The van der Waals surface area contributed by atoms with Gasteiger partial charge < -0.3 is 10.2 Å². The number of nitrogens with zero attached hydrogens (tertiary/aromatic N) is 2. The SMILES string of the molecule is CN(C(=O)c1n[nH]c2ccc(Br)cc12)C1CCNCC1. The molecule has 1 saturated heterocycles. The second kappa shape index (κ2) is 5.54. The minimum Gasteiger partial charge on any atom is -0.337 e. The number of halogens is 1. The normalized spacial score (nSPS) is 16.5. The summed E-state index contributed by atoms with van der Waals surface area (Å²) < 4.78 is 0.949. The van der Waals surface area contributed by atoms with E-state index in [-0.39, 0.29) is 5.91 Å². The Labute approximate surface area is 125 Å². The molecule has 3 rings (SSSR count). The Morgan fingerprint density at radius 1 is 1.40 bits per heavy atom. The van der Waals surface area contributed by atoms with Gasteiger partial charge in [-0.25, -0.2) is 0 Å². The van der Waals surface area contributed by atoms with Crippen molar-refractivity contribution in [1.29, 1.82) is 0 Å². The van der Waals surface area contributed by atoms with E-state index in [4.69, 9.17) is 0 Å². The highest BCUT2D eigenvalue weighted by Gasteiger charge is 2.25. The van der Waals surface area contributed by atoms with Gasteiger partial charge in [0.15, 0.2) is 5.69 Å². The monoisotopic (exact) mass is 336 g/mol. The van der Waals surface area contributed by atoms with Gasteiger partial charge in [-0.05, 0) is 44.1 Å². The highest BCUT2D eigenvalue weighted by Crippen LogP contribution is 2.23. The molecule has 0 bridgehead atoms. The fourth-order valence-electron chi connectivity index (χ4n) is 2.68. The summed E-state index contributed by atoms with van der Waals surface area (Å²) in [6.45, 7) is 1.93. The van der Waals surface area contributed by atoms with Gasteiger partial charge in [0.25, 0.3) is 5.91 Å². The molecular formula is C14H17BrN4O. The summed E-state index contributed by atoms with van der Waals surface area (Å²) in [7, 11) is 1.87. The van der Waals surface area contributed by atoms with Gasteiger partial charge >= 0.3 is 0 Å². The number of benzene rings is 1. The fraction of sp³-hybridized carbons (Fsp3) is 0.429. The van der Waals surface area contributed by atoms with Crippen LogP contribution in [0.4, 0.5) is 0 Å². The first-order valence-corrected chi connectivity index (χ1v) is 7.57. The lowest BCUT2D eigenvalue weighted by Crippen LogP contribution is -2.44. The van der Waals surface area contributed by atoms with Crippen molar-refractivity contribution in [3.05, 3.63) is 28.4 Å². The lowest BCUT2D eigenvalue weighted by atomic mass is 10.0. The molecule has 6 heteroatoms. The molecular weight excluding hydrogens is 320 g/mol. The molecule has 2 heterocycles. The number of aromatic nitrogens is 2. The number of carbonyl (C=O) groups is 1. The van der Waals surface area contributed by atoms with Gasteiger partial charge in [0.1, 0.15) is 0 Å². The van der Waals surface area contributed by atoms with Crippen LogP contribution in [0.3, 0.4) is 0 Å². The van der Waals surface area contributed by atoms with E-state index in [9.17, 15) is 4.79 Å². The summed E-state index contributed by atoms with van der Waals surface area (Å²) >= 11 is 3.44. The van der Waals surface area contributed by atoms with Crippen molar-refractivity contribution >= 4 is 32.7 Å². The third-order valence-electron chi connectivity index (χ3n) is 3.90. The van der Waals surface area contributed by atoms with E-state index in [1.54, 1.807) is 0 Å². The van der Waals surface area contributed by atoms with E-state index in [2.05, 4.69) is 31.4 Å². The summed E-state index contributed by atoms with van der Waals surface area (Å²) in [5.41, 5.74) is 1.39. The van der Waals surface area contributed by atoms with Gasteiger partial charge in [-0.3, -0.25) is 9.89 Å². The largest absolute Gasteiger partial charge is 0.337 e. The Morgan fingerprint density at radius 2 is 2.15 bits per heavy atom. The Balaban J connectivity index is 1.89. The minimum atomic E-state index is -0.0127. The van der Waals surface area contributed by atoms with Crippen molar-refractivity contribution in [2.24, 2.45) is 0 Å². The maximum Gasteiger partial charge on any atom is 0.274 e. The van der Waals surface area contributed by atoms with Crippen molar-refractivity contribution in [3.63, 3.8) is 0 Å². The second-order valence-electron chi connectivity index (χ2n) is 5.16. The molecule has 2 aromatic rings. The number of H-pyrrole nitrogens is 1. The quantitative estimate of drug-likeness (QED) is 0.883. The van der Waals surface area contributed by atoms with Gasteiger partial charge in [-0.15, -0.1) is 0 Å². The van der Waals surface area contributed by atoms with E-state index < -0.39 is 0 Å². The number of hydrogen-bond donors (Lipinski definition) is 2. The molecule has 1 aromatic carbocycles. The van der Waals surface area contributed by atoms with E-state index in [0.717, 1.165) is 41.3 Å². The van der Waals surface area contributed by atoms with E-state index in [1.165, 1.54) is 0 Å². The number of carbonyl (C=O) groups excluding carboxylic acids is 1. The van der Waals surface area contributed by atoms with Crippen LogP contribution in [0.5, 0.6) is 0 Å². The molecule has 0 spiro atoms. The summed E-state index contributed by atoms with van der Waals surface area (Å²) in [4.78, 5) is 14.5. The maximum absolute atomic E-state index is 12.6. The first kappa shape index (κ1) is 13.6. The van der Waals surface area contributed by atoms with E-state index in [0.29, 0.717) is 11.7 Å². The molecule has 0 unspecified atom stereocenters. The van der Waals surface area contributed by atoms with Crippen LogP contribution in [0.15, 0.2) is 22.7 Å². The number of rotatable bonds is 2. The molecule has 1 aliphatic heterocycles. The predicted octanol–water partition coefficient (Wildman–Crippen LogP) is 2.15. The molecule has 1 amide bonds. The van der Waals surface area contributed by atoms with E-state index >= 15 is 0 Å². The zero-order valence-corrected chi connectivity index (χ0v) is 12.9. The van der Waals surface area contributed by atoms with Crippen molar-refractivity contribution in [3.8, 4) is 0 Å². The first-order valence-electron chi connectivity index (χ1n) is 6.78. The third-order valence-corrected chi connectivity index (χ3v) is 4.40. The number of amides is 1. The van der Waals surface area contributed by atoms with Crippen molar-refractivity contribution < 1.29 is 4.79 Å². The topological polar surface area (TPSA) is 61.0 Å². The minimum absolute atomic E-state index is 0.0127. The Kier molecular flexibility index (Phi) is 3.76. The van der Waals surface area contributed by atoms with Crippen LogP contribution in [0.25, 0.3) is 10.9 Å². The van der Waals surface area contributed by atoms with Crippen molar-refractivity contribution in [2.45, 2.75) is 18.9 Å². The lowest BCUT2D eigenvalue weighted by molar-refractivity contribution is 0.0699. The molecule has 2 N–H and O–H groups in total. The average molecular weight is 337 g/mol. The maximum atomic E-state index is 12.6. The smallest absolute Gasteiger partial charge is 0.274 e. The molecule has 0 aliphatic carbocycles. The summed E-state index contributed by atoms with van der Waals surface area (Å²) in [6.07, 6.45) is 1.99. The molecule has 1 aromatic heterocycles. The summed E-state index contributed by atoms with van der Waals surface area (Å²) in [6, 6.07) is 6.09. The van der Waals surface area contributed by atoms with Crippen LogP contribution in [-0.4, -0.2) is 47.2 Å². The standard InChI is InChI=1S/C14H17BrN4O/c1-19(10-4-6-16-7-5-10)14(20)13-11-8-9(15)2-3-12(11)17-18-13/h2-3,8,10,16H,4-7H2,1H3,(H,17,18). The zero-order valence-electron chi connectivity index (χ0n) is 11.3. The summed E-state index contributed by atoms with van der Waals surface area (Å²) in [5, 5.41) is 11.3. The molecule has 106 valence electrons. The van der Waals surface area contributed by atoms with Gasteiger partial charge in [0.05, 0.1) is 5.52 Å². The number of hydrogen-bond acceptors (Lipinski definition) is 3. The number of nitrogens with one attached hydrogen (secondary N) is 2. The summed E-state index contributed by atoms with van der Waals surface area (Å²) in [5.74, 6) is -0.0127. The van der Waals surface area contributed by atoms with Crippen LogP contribution in [-0.2, 0) is 0 Å².